The van der Waals surface area contributed by atoms with Crippen LogP contribution in [0.1, 0.15) is 32.1 Å². The van der Waals surface area contributed by atoms with E-state index >= 15 is 0 Å². The van der Waals surface area contributed by atoms with Gasteiger partial charge in [-0.3, -0.25) is 0 Å². The van der Waals surface area contributed by atoms with Crippen molar-refractivity contribution in [2.45, 2.75) is 36.9 Å². The van der Waals surface area contributed by atoms with Gasteiger partial charge < -0.3 is 5.11 Å². The molecule has 62 valence electrons. The summed E-state index contributed by atoms with van der Waals surface area (Å²) in [6.07, 6.45) is 5.04. The van der Waals surface area contributed by atoms with Crippen LogP contribution in [0.2, 0.25) is 0 Å². The molecule has 0 aromatic rings. The van der Waals surface area contributed by atoms with Crippen LogP contribution in [-0.2, 0) is 0 Å². The second-order valence-corrected chi connectivity index (χ2v) is 3.59. The van der Waals surface area contributed by atoms with Gasteiger partial charge in [-0.25, -0.2) is 0 Å². The number of aliphatic hydroxyl groups excluding tert-OH is 1. The van der Waals surface area contributed by atoms with Gasteiger partial charge in [-0.1, -0.05) is 19.3 Å². The van der Waals surface area contributed by atoms with E-state index in [4.69, 9.17) is 28.3 Å². The number of aliphatic hydroxyl groups is 1. The number of unbranched alkanes of at least 4 members (excludes halogenated alkanes) is 3. The number of hydrogen-bond donors (Lipinski definition) is 1. The standard InChI is InChI=1S/C7H14Cl2O/c8-7(9)5-3-1-2-4-6-10/h7,10H,1-6H2. The van der Waals surface area contributed by atoms with Crippen LogP contribution < -0.4 is 0 Å². The van der Waals surface area contributed by atoms with Gasteiger partial charge in [0.2, 0.25) is 0 Å². The summed E-state index contributed by atoms with van der Waals surface area (Å²) < 4.78 is 0. The highest BCUT2D eigenvalue weighted by Crippen LogP contribution is 2.12. The van der Waals surface area contributed by atoms with Crippen molar-refractivity contribution in [1.29, 1.82) is 0 Å². The first-order valence-electron chi connectivity index (χ1n) is 3.66. The lowest BCUT2D eigenvalue weighted by Crippen LogP contribution is -1.88. The van der Waals surface area contributed by atoms with Crippen molar-refractivity contribution in [3.63, 3.8) is 0 Å². The van der Waals surface area contributed by atoms with Crippen molar-refractivity contribution in [3.05, 3.63) is 0 Å². The lowest BCUT2D eigenvalue weighted by Gasteiger charge is -1.99. The van der Waals surface area contributed by atoms with Crippen molar-refractivity contribution in [2.24, 2.45) is 0 Å². The summed E-state index contributed by atoms with van der Waals surface area (Å²) in [5, 5.41) is 8.42. The van der Waals surface area contributed by atoms with Crippen LogP contribution in [0.4, 0.5) is 0 Å². The van der Waals surface area contributed by atoms with Crippen molar-refractivity contribution < 1.29 is 5.11 Å². The van der Waals surface area contributed by atoms with E-state index in [1.807, 2.05) is 0 Å². The molecule has 0 aromatic heterocycles. The third-order valence-corrected chi connectivity index (χ3v) is 1.77. The first-order valence-corrected chi connectivity index (χ1v) is 4.53. The van der Waals surface area contributed by atoms with E-state index in [0.29, 0.717) is 6.61 Å². The fourth-order valence-electron chi connectivity index (χ4n) is 0.764. The largest absolute Gasteiger partial charge is 0.396 e. The summed E-state index contributed by atoms with van der Waals surface area (Å²) in [6.45, 7) is 0.297. The molecule has 0 aromatic carbocycles. The van der Waals surface area contributed by atoms with Gasteiger partial charge in [0, 0.05) is 6.61 Å². The maximum absolute atomic E-state index is 8.42. The van der Waals surface area contributed by atoms with Crippen molar-refractivity contribution in [2.75, 3.05) is 6.61 Å². The molecule has 0 heterocycles. The Morgan fingerprint density at radius 3 is 2.10 bits per heavy atom. The zero-order valence-corrected chi connectivity index (χ0v) is 7.53. The molecule has 1 N–H and O–H groups in total. The average Bonchev–Trinajstić information content (AvgIpc) is 1.87. The van der Waals surface area contributed by atoms with Gasteiger partial charge in [-0.15, -0.1) is 23.2 Å². The number of rotatable bonds is 6. The highest BCUT2D eigenvalue weighted by atomic mass is 35.5. The zero-order chi connectivity index (χ0) is 7.82. The van der Waals surface area contributed by atoms with Crippen LogP contribution >= 0.6 is 23.2 Å². The molecule has 0 saturated carbocycles. The summed E-state index contributed by atoms with van der Waals surface area (Å²) in [7, 11) is 0. The number of halogens is 2. The highest BCUT2D eigenvalue weighted by molar-refractivity contribution is 6.44. The molecule has 0 bridgehead atoms. The van der Waals surface area contributed by atoms with E-state index in [1.54, 1.807) is 0 Å². The molecule has 0 rings (SSSR count). The third kappa shape index (κ3) is 8.54. The smallest absolute Gasteiger partial charge is 0.107 e. The predicted molar refractivity (Wildman–Crippen MR) is 45.7 cm³/mol. The molecule has 0 aliphatic heterocycles. The normalized spacial score (nSPS) is 10.8. The molecule has 0 saturated heterocycles. The quantitative estimate of drug-likeness (QED) is 0.498. The van der Waals surface area contributed by atoms with Crippen LogP contribution in [0.25, 0.3) is 0 Å². The molecule has 1 nitrogen and oxygen atoms in total. The Hall–Kier alpha value is 0.540. The van der Waals surface area contributed by atoms with Gasteiger partial charge in [0.15, 0.2) is 0 Å². The SMILES string of the molecule is OCCCCCCC(Cl)Cl. The Morgan fingerprint density at radius 2 is 1.60 bits per heavy atom. The third-order valence-electron chi connectivity index (χ3n) is 1.33. The van der Waals surface area contributed by atoms with E-state index in [0.717, 1.165) is 32.1 Å². The molecule has 10 heavy (non-hydrogen) atoms. The van der Waals surface area contributed by atoms with Gasteiger partial charge in [0.25, 0.3) is 0 Å². The van der Waals surface area contributed by atoms with Crippen molar-refractivity contribution in [1.82, 2.24) is 0 Å². The lowest BCUT2D eigenvalue weighted by atomic mass is 10.2. The Balaban J connectivity index is 2.77. The summed E-state index contributed by atoms with van der Waals surface area (Å²) in [6, 6.07) is 0. The second kappa shape index (κ2) is 7.64. The predicted octanol–water partition coefficient (Wildman–Crippen LogP) is 2.73. The fraction of sp³-hybridized carbons (Fsp3) is 1.00. The first-order chi connectivity index (χ1) is 4.77. The van der Waals surface area contributed by atoms with Crippen LogP contribution in [0, 0.1) is 0 Å². The first kappa shape index (κ1) is 10.5. The van der Waals surface area contributed by atoms with Crippen LogP contribution in [-0.4, -0.2) is 16.5 Å². The molecular weight excluding hydrogens is 171 g/mol. The van der Waals surface area contributed by atoms with Crippen LogP contribution in [0.3, 0.4) is 0 Å². The number of alkyl halides is 2. The second-order valence-electron chi connectivity index (χ2n) is 2.32. The summed E-state index contributed by atoms with van der Waals surface area (Å²) in [5.74, 6) is 0. The topological polar surface area (TPSA) is 20.2 Å². The van der Waals surface area contributed by atoms with Gasteiger partial charge in [-0.2, -0.15) is 0 Å². The molecule has 0 atom stereocenters. The minimum absolute atomic E-state index is 0.214. The average molecular weight is 185 g/mol. The Labute approximate surface area is 72.3 Å². The van der Waals surface area contributed by atoms with Crippen molar-refractivity contribution >= 4 is 23.2 Å². The molecule has 0 aliphatic rings. The summed E-state index contributed by atoms with van der Waals surface area (Å²) in [4.78, 5) is -0.214. The fourth-order valence-corrected chi connectivity index (χ4v) is 1.07. The Bertz CT molecular complexity index is 66.6. The minimum Gasteiger partial charge on any atom is -0.396 e. The monoisotopic (exact) mass is 184 g/mol. The zero-order valence-electron chi connectivity index (χ0n) is 6.02. The van der Waals surface area contributed by atoms with E-state index in [1.165, 1.54) is 0 Å². The van der Waals surface area contributed by atoms with Crippen LogP contribution in [0.5, 0.6) is 0 Å². The van der Waals surface area contributed by atoms with Gasteiger partial charge in [0.05, 0.1) is 0 Å². The van der Waals surface area contributed by atoms with Gasteiger partial charge in [0.1, 0.15) is 4.84 Å². The van der Waals surface area contributed by atoms with E-state index < -0.39 is 0 Å². The Kier molecular flexibility index (Phi) is 8.06. The van der Waals surface area contributed by atoms with E-state index in [2.05, 4.69) is 0 Å². The molecule has 0 fully saturated rings. The maximum Gasteiger partial charge on any atom is 0.107 e. The minimum atomic E-state index is -0.214. The lowest BCUT2D eigenvalue weighted by molar-refractivity contribution is 0.282. The molecule has 3 heteroatoms. The Morgan fingerprint density at radius 1 is 1.00 bits per heavy atom. The molecule has 0 aliphatic carbocycles. The van der Waals surface area contributed by atoms with Gasteiger partial charge in [-0.05, 0) is 12.8 Å². The molecule has 0 radical (unpaired) electrons. The highest BCUT2D eigenvalue weighted by Gasteiger charge is 1.96. The molecule has 0 spiro atoms. The molecule has 0 unspecified atom stereocenters. The summed E-state index contributed by atoms with van der Waals surface area (Å²) in [5.41, 5.74) is 0. The van der Waals surface area contributed by atoms with E-state index in [9.17, 15) is 0 Å². The van der Waals surface area contributed by atoms with Crippen molar-refractivity contribution in [3.8, 4) is 0 Å². The van der Waals surface area contributed by atoms with Gasteiger partial charge >= 0.3 is 0 Å². The maximum atomic E-state index is 8.42. The molecular formula is C7H14Cl2O. The van der Waals surface area contributed by atoms with E-state index in [-0.39, 0.29) is 4.84 Å². The molecule has 0 amide bonds. The number of hydrogen-bond acceptors (Lipinski definition) is 1. The summed E-state index contributed by atoms with van der Waals surface area (Å²) >= 11 is 11.0. The van der Waals surface area contributed by atoms with Crippen LogP contribution in [0.15, 0.2) is 0 Å².